The Kier molecular flexibility index (Phi) is 6.74. The summed E-state index contributed by atoms with van der Waals surface area (Å²) in [5.41, 5.74) is 1.35. The van der Waals surface area contributed by atoms with Gasteiger partial charge in [0.15, 0.2) is 0 Å². The fourth-order valence-corrected chi connectivity index (χ4v) is 4.55. The molecule has 1 aromatic carbocycles. The number of hydrogen-bond acceptors (Lipinski definition) is 3. The van der Waals surface area contributed by atoms with E-state index in [9.17, 15) is 13.2 Å². The van der Waals surface area contributed by atoms with E-state index in [1.165, 1.54) is 4.31 Å². The standard InChI is InChI=1S/C18H27ClN2O3S/c1-4-16-7-5-6-11-20(16)18(22)10-12-21(25(3,23)24)17-13-15(19)9-8-14(17)2/h8-9,13,16H,4-7,10-12H2,1-3H3. The molecule has 0 aliphatic carbocycles. The number of sulfonamides is 1. The Morgan fingerprint density at radius 2 is 2.08 bits per heavy atom. The van der Waals surface area contributed by atoms with Crippen molar-refractivity contribution < 1.29 is 13.2 Å². The van der Waals surface area contributed by atoms with Gasteiger partial charge in [0.05, 0.1) is 11.9 Å². The third-order valence-corrected chi connectivity index (χ3v) is 6.20. The minimum atomic E-state index is -3.50. The number of benzene rings is 1. The molecule has 5 nitrogen and oxygen atoms in total. The maximum atomic E-state index is 12.7. The minimum absolute atomic E-state index is 0.0277. The van der Waals surface area contributed by atoms with E-state index in [-0.39, 0.29) is 24.9 Å². The predicted octanol–water partition coefficient (Wildman–Crippen LogP) is 3.60. The second-order valence-corrected chi connectivity index (χ2v) is 9.00. The summed E-state index contributed by atoms with van der Waals surface area (Å²) in [5.74, 6) is 0.0277. The fourth-order valence-electron chi connectivity index (χ4n) is 3.41. The van der Waals surface area contributed by atoms with Crippen molar-refractivity contribution in [3.63, 3.8) is 0 Å². The highest BCUT2D eigenvalue weighted by molar-refractivity contribution is 7.92. The number of halogens is 1. The van der Waals surface area contributed by atoms with E-state index >= 15 is 0 Å². The molecule has 1 fully saturated rings. The van der Waals surface area contributed by atoms with E-state index in [1.54, 1.807) is 18.2 Å². The SMILES string of the molecule is CCC1CCCCN1C(=O)CCN(c1cc(Cl)ccc1C)S(C)(=O)=O. The second-order valence-electron chi connectivity index (χ2n) is 6.66. The summed E-state index contributed by atoms with van der Waals surface area (Å²) in [6.07, 6.45) is 5.48. The van der Waals surface area contributed by atoms with Gasteiger partial charge in [0.2, 0.25) is 15.9 Å². The van der Waals surface area contributed by atoms with Crippen LogP contribution in [0.2, 0.25) is 5.02 Å². The van der Waals surface area contributed by atoms with E-state index in [0.717, 1.165) is 44.0 Å². The zero-order valence-electron chi connectivity index (χ0n) is 15.2. The van der Waals surface area contributed by atoms with Crippen LogP contribution in [0.15, 0.2) is 18.2 Å². The van der Waals surface area contributed by atoms with Gasteiger partial charge in [0, 0.05) is 30.6 Å². The van der Waals surface area contributed by atoms with Gasteiger partial charge in [-0.3, -0.25) is 9.10 Å². The van der Waals surface area contributed by atoms with Crippen LogP contribution < -0.4 is 4.31 Å². The highest BCUT2D eigenvalue weighted by Gasteiger charge is 2.27. The fraction of sp³-hybridized carbons (Fsp3) is 0.611. The summed E-state index contributed by atoms with van der Waals surface area (Å²) in [6, 6.07) is 5.43. The second kappa shape index (κ2) is 8.41. The van der Waals surface area contributed by atoms with Crippen LogP contribution in [0.5, 0.6) is 0 Å². The van der Waals surface area contributed by atoms with E-state index in [0.29, 0.717) is 10.7 Å². The number of carbonyl (C=O) groups excluding carboxylic acids is 1. The van der Waals surface area contributed by atoms with Gasteiger partial charge in [-0.05, 0) is 50.3 Å². The molecule has 1 atom stereocenters. The molecule has 1 aliphatic heterocycles. The van der Waals surface area contributed by atoms with Crippen LogP contribution in [0.4, 0.5) is 5.69 Å². The zero-order valence-corrected chi connectivity index (χ0v) is 16.7. The molecule has 1 aromatic rings. The summed E-state index contributed by atoms with van der Waals surface area (Å²) >= 11 is 6.04. The number of aryl methyl sites for hydroxylation is 1. The maximum absolute atomic E-state index is 12.7. The predicted molar refractivity (Wildman–Crippen MR) is 103 cm³/mol. The number of carbonyl (C=O) groups is 1. The normalized spacial score (nSPS) is 18.2. The summed E-state index contributed by atoms with van der Waals surface area (Å²) in [5, 5.41) is 0.475. The first-order chi connectivity index (χ1) is 11.7. The number of nitrogens with zero attached hydrogens (tertiary/aromatic N) is 2. The summed E-state index contributed by atoms with van der Waals surface area (Å²) < 4.78 is 25.8. The van der Waals surface area contributed by atoms with Gasteiger partial charge in [-0.2, -0.15) is 0 Å². The molecular weight excluding hydrogens is 360 g/mol. The molecule has 0 spiro atoms. The lowest BCUT2D eigenvalue weighted by molar-refractivity contribution is -0.134. The Morgan fingerprint density at radius 3 is 2.72 bits per heavy atom. The van der Waals surface area contributed by atoms with E-state index in [1.807, 2.05) is 11.8 Å². The van der Waals surface area contributed by atoms with Crippen LogP contribution in [-0.4, -0.2) is 44.6 Å². The van der Waals surface area contributed by atoms with Gasteiger partial charge in [0.25, 0.3) is 0 Å². The summed E-state index contributed by atoms with van der Waals surface area (Å²) in [7, 11) is -3.50. The first kappa shape index (κ1) is 20.0. The van der Waals surface area contributed by atoms with Crippen molar-refractivity contribution in [1.29, 1.82) is 0 Å². The molecule has 0 aromatic heterocycles. The first-order valence-corrected chi connectivity index (χ1v) is 11.0. The highest BCUT2D eigenvalue weighted by Crippen LogP contribution is 2.27. The topological polar surface area (TPSA) is 57.7 Å². The summed E-state index contributed by atoms with van der Waals surface area (Å²) in [4.78, 5) is 14.6. The molecule has 0 N–H and O–H groups in total. The number of hydrogen-bond donors (Lipinski definition) is 0. The Morgan fingerprint density at radius 1 is 1.36 bits per heavy atom. The van der Waals surface area contributed by atoms with Crippen LogP contribution in [0, 0.1) is 6.92 Å². The molecular formula is C18H27ClN2O3S. The third kappa shape index (κ3) is 5.11. The van der Waals surface area contributed by atoms with Crippen LogP contribution in [0.1, 0.15) is 44.6 Å². The average molecular weight is 387 g/mol. The molecule has 0 bridgehead atoms. The largest absolute Gasteiger partial charge is 0.340 e. The van der Waals surface area contributed by atoms with Gasteiger partial charge in [-0.25, -0.2) is 8.42 Å². The lowest BCUT2D eigenvalue weighted by atomic mass is 9.99. The number of likely N-dealkylation sites (tertiary alicyclic amines) is 1. The molecule has 1 heterocycles. The molecule has 1 unspecified atom stereocenters. The molecule has 1 amide bonds. The first-order valence-electron chi connectivity index (χ1n) is 8.77. The van der Waals surface area contributed by atoms with Gasteiger partial charge in [-0.1, -0.05) is 24.6 Å². The summed E-state index contributed by atoms with van der Waals surface area (Å²) in [6.45, 7) is 4.83. The number of amides is 1. The van der Waals surface area contributed by atoms with E-state index in [2.05, 4.69) is 6.92 Å². The van der Waals surface area contributed by atoms with Crippen molar-refractivity contribution in [2.75, 3.05) is 23.7 Å². The Hall–Kier alpha value is -1.27. The molecule has 1 saturated heterocycles. The lowest BCUT2D eigenvalue weighted by Crippen LogP contribution is -2.45. The molecule has 7 heteroatoms. The number of piperidine rings is 1. The lowest BCUT2D eigenvalue weighted by Gasteiger charge is -2.36. The van der Waals surface area contributed by atoms with Crippen molar-refractivity contribution in [2.45, 2.75) is 52.0 Å². The highest BCUT2D eigenvalue weighted by atomic mass is 35.5. The van der Waals surface area contributed by atoms with Gasteiger partial charge < -0.3 is 4.90 Å². The number of anilines is 1. The molecule has 25 heavy (non-hydrogen) atoms. The molecule has 1 aliphatic rings. The monoisotopic (exact) mass is 386 g/mol. The van der Waals surface area contributed by atoms with Gasteiger partial charge in [-0.15, -0.1) is 0 Å². The smallest absolute Gasteiger partial charge is 0.232 e. The Balaban J connectivity index is 2.16. The van der Waals surface area contributed by atoms with Crippen LogP contribution in [-0.2, 0) is 14.8 Å². The molecule has 140 valence electrons. The van der Waals surface area contributed by atoms with Crippen molar-refractivity contribution in [2.24, 2.45) is 0 Å². The van der Waals surface area contributed by atoms with Crippen LogP contribution in [0.3, 0.4) is 0 Å². The Labute approximate surface area is 156 Å². The average Bonchev–Trinajstić information content (AvgIpc) is 2.56. The quantitative estimate of drug-likeness (QED) is 0.750. The maximum Gasteiger partial charge on any atom is 0.232 e. The van der Waals surface area contributed by atoms with Crippen LogP contribution in [0.25, 0.3) is 0 Å². The van der Waals surface area contributed by atoms with Crippen molar-refractivity contribution >= 4 is 33.2 Å². The molecule has 2 rings (SSSR count). The van der Waals surface area contributed by atoms with Gasteiger partial charge >= 0.3 is 0 Å². The minimum Gasteiger partial charge on any atom is -0.340 e. The molecule has 0 saturated carbocycles. The number of rotatable bonds is 6. The third-order valence-electron chi connectivity index (χ3n) is 4.79. The van der Waals surface area contributed by atoms with Gasteiger partial charge in [0.1, 0.15) is 0 Å². The molecule has 0 radical (unpaired) electrons. The Bertz CT molecular complexity index is 721. The van der Waals surface area contributed by atoms with E-state index in [4.69, 9.17) is 11.6 Å². The van der Waals surface area contributed by atoms with E-state index < -0.39 is 10.0 Å². The van der Waals surface area contributed by atoms with Crippen molar-refractivity contribution in [3.8, 4) is 0 Å². The zero-order chi connectivity index (χ0) is 18.6. The van der Waals surface area contributed by atoms with Crippen LogP contribution >= 0.6 is 11.6 Å². The van der Waals surface area contributed by atoms with Crippen molar-refractivity contribution in [3.05, 3.63) is 28.8 Å². The van der Waals surface area contributed by atoms with Crippen molar-refractivity contribution in [1.82, 2.24) is 4.90 Å².